The molecule has 1 aromatic carbocycles. The van der Waals surface area contributed by atoms with Crippen molar-refractivity contribution in [1.82, 2.24) is 14.2 Å². The van der Waals surface area contributed by atoms with E-state index in [2.05, 4.69) is 4.98 Å². The lowest BCUT2D eigenvalue weighted by Gasteiger charge is -2.41. The van der Waals surface area contributed by atoms with Crippen molar-refractivity contribution in [2.45, 2.75) is 23.8 Å². The Kier molecular flexibility index (Phi) is 3.40. The summed E-state index contributed by atoms with van der Waals surface area (Å²) in [6.45, 7) is 0.284. The highest BCUT2D eigenvalue weighted by molar-refractivity contribution is 7.89. The van der Waals surface area contributed by atoms with E-state index in [-0.39, 0.29) is 48.7 Å². The number of hydrogen-bond donors (Lipinski definition) is 0. The molecule has 0 radical (unpaired) electrons. The molecule has 1 aromatic heterocycles. The summed E-state index contributed by atoms with van der Waals surface area (Å²) < 4.78 is 27.0. The number of carbonyl (C=O) groups excluding carboxylic acids is 2. The van der Waals surface area contributed by atoms with E-state index in [0.717, 1.165) is 5.39 Å². The number of pyridine rings is 1. The summed E-state index contributed by atoms with van der Waals surface area (Å²) in [5.41, 5.74) is 0.428. The summed E-state index contributed by atoms with van der Waals surface area (Å²) in [4.78, 5) is 29.0. The molecule has 0 N–H and O–H groups in total. The fourth-order valence-corrected chi connectivity index (χ4v) is 4.88. The van der Waals surface area contributed by atoms with E-state index in [9.17, 15) is 18.0 Å². The van der Waals surface area contributed by atoms with E-state index in [4.69, 9.17) is 0 Å². The molecular formula is C16H15N3O4S. The molecule has 124 valence electrons. The summed E-state index contributed by atoms with van der Waals surface area (Å²) in [6.07, 6.45) is 1.99. The summed E-state index contributed by atoms with van der Waals surface area (Å²) in [7, 11) is -3.70. The van der Waals surface area contributed by atoms with Gasteiger partial charge in [-0.1, -0.05) is 18.2 Å². The predicted molar refractivity (Wildman–Crippen MR) is 85.4 cm³/mol. The van der Waals surface area contributed by atoms with Crippen molar-refractivity contribution in [1.29, 1.82) is 0 Å². The molecule has 2 fully saturated rings. The normalized spacial score (nSPS) is 19.9. The average molecular weight is 345 g/mol. The summed E-state index contributed by atoms with van der Waals surface area (Å²) in [6, 6.07) is 8.23. The van der Waals surface area contributed by atoms with E-state index in [1.807, 2.05) is 12.1 Å². The zero-order chi connectivity index (χ0) is 16.9. The van der Waals surface area contributed by atoms with Crippen LogP contribution in [0.5, 0.6) is 0 Å². The van der Waals surface area contributed by atoms with Gasteiger partial charge in [0.15, 0.2) is 0 Å². The minimum atomic E-state index is -3.70. The van der Waals surface area contributed by atoms with Crippen molar-refractivity contribution in [2.75, 3.05) is 13.1 Å². The quantitative estimate of drug-likeness (QED) is 0.766. The molecule has 8 heteroatoms. The molecule has 2 aliphatic rings. The van der Waals surface area contributed by atoms with Gasteiger partial charge >= 0.3 is 0 Å². The Bertz CT molecular complexity index is 929. The number of likely N-dealkylation sites (tertiary alicyclic amines) is 1. The Morgan fingerprint density at radius 3 is 2.38 bits per heavy atom. The number of hydrogen-bond acceptors (Lipinski definition) is 5. The van der Waals surface area contributed by atoms with Crippen LogP contribution in [0.3, 0.4) is 0 Å². The maximum Gasteiger partial charge on any atom is 0.245 e. The van der Waals surface area contributed by atoms with Gasteiger partial charge in [-0.3, -0.25) is 19.5 Å². The average Bonchev–Trinajstić information content (AvgIpc) is 2.85. The molecule has 0 aliphatic carbocycles. The van der Waals surface area contributed by atoms with E-state index in [1.165, 1.54) is 15.3 Å². The largest absolute Gasteiger partial charge is 0.277 e. The number of aromatic nitrogens is 1. The van der Waals surface area contributed by atoms with Crippen LogP contribution in [0, 0.1) is 0 Å². The number of nitrogens with zero attached hydrogens (tertiary/aromatic N) is 3. The van der Waals surface area contributed by atoms with Crippen LogP contribution in [0.2, 0.25) is 0 Å². The molecule has 0 unspecified atom stereocenters. The molecule has 3 heterocycles. The first kappa shape index (κ1) is 15.2. The first-order valence-corrected chi connectivity index (χ1v) is 9.11. The van der Waals surface area contributed by atoms with Crippen LogP contribution >= 0.6 is 0 Å². The highest BCUT2D eigenvalue weighted by Crippen LogP contribution is 2.30. The van der Waals surface area contributed by atoms with Gasteiger partial charge in [0.2, 0.25) is 21.8 Å². The fraction of sp³-hybridized carbons (Fsp3) is 0.312. The number of carbonyl (C=O) groups is 2. The Hall–Kier alpha value is -2.32. The minimum absolute atomic E-state index is 0.142. The van der Waals surface area contributed by atoms with Gasteiger partial charge < -0.3 is 0 Å². The zero-order valence-corrected chi connectivity index (χ0v) is 13.6. The number of para-hydroxylation sites is 1. The maximum atomic E-state index is 12.8. The summed E-state index contributed by atoms with van der Waals surface area (Å²) in [5.74, 6) is -0.428. The monoisotopic (exact) mass is 345 g/mol. The van der Waals surface area contributed by atoms with Crippen molar-refractivity contribution in [3.63, 3.8) is 0 Å². The number of sulfonamides is 1. The van der Waals surface area contributed by atoms with E-state index < -0.39 is 10.0 Å². The van der Waals surface area contributed by atoms with Crippen molar-refractivity contribution in [3.05, 3.63) is 36.5 Å². The van der Waals surface area contributed by atoms with Crippen molar-refractivity contribution >= 4 is 32.7 Å². The fourth-order valence-electron chi connectivity index (χ4n) is 3.20. The second-order valence-corrected chi connectivity index (χ2v) is 7.87. The SMILES string of the molecule is O=C1CCC(=O)N1C1CN(S(=O)(=O)c2cccc3cccnc23)C1. The van der Waals surface area contributed by atoms with E-state index in [0.29, 0.717) is 5.52 Å². The molecule has 2 aromatic rings. The van der Waals surface area contributed by atoms with Crippen LogP contribution in [-0.2, 0) is 19.6 Å². The maximum absolute atomic E-state index is 12.8. The standard InChI is InChI=1S/C16H15N3O4S/c20-14-6-7-15(21)19(14)12-9-18(10-12)24(22,23)13-5-1-3-11-4-2-8-17-16(11)13/h1-5,8,12H,6-7,9-10H2. The number of rotatable bonds is 3. The number of amides is 2. The van der Waals surface area contributed by atoms with Gasteiger partial charge in [-0.2, -0.15) is 4.31 Å². The second kappa shape index (κ2) is 5.35. The van der Waals surface area contributed by atoms with Gasteiger partial charge in [-0.25, -0.2) is 8.42 Å². The van der Waals surface area contributed by atoms with Crippen molar-refractivity contribution < 1.29 is 18.0 Å². The first-order chi connectivity index (χ1) is 11.5. The third kappa shape index (κ3) is 2.22. The van der Waals surface area contributed by atoms with Gasteiger partial charge in [0.05, 0.1) is 11.6 Å². The number of imide groups is 1. The van der Waals surface area contributed by atoms with E-state index >= 15 is 0 Å². The Morgan fingerprint density at radius 1 is 1.00 bits per heavy atom. The van der Waals surface area contributed by atoms with Crippen molar-refractivity contribution in [2.24, 2.45) is 0 Å². The third-order valence-electron chi connectivity index (χ3n) is 4.50. The van der Waals surface area contributed by atoms with Gasteiger partial charge in [0.1, 0.15) is 4.90 Å². The topological polar surface area (TPSA) is 87.7 Å². The van der Waals surface area contributed by atoms with Gasteiger partial charge in [-0.05, 0) is 12.1 Å². The van der Waals surface area contributed by atoms with Crippen LogP contribution in [0.15, 0.2) is 41.4 Å². The Labute approximate surface area is 138 Å². The molecule has 7 nitrogen and oxygen atoms in total. The lowest BCUT2D eigenvalue weighted by atomic mass is 10.1. The van der Waals surface area contributed by atoms with Crippen LogP contribution in [0.4, 0.5) is 0 Å². The minimum Gasteiger partial charge on any atom is -0.277 e. The van der Waals surface area contributed by atoms with Crippen LogP contribution in [-0.4, -0.2) is 53.6 Å². The van der Waals surface area contributed by atoms with Gasteiger partial charge in [0.25, 0.3) is 0 Å². The first-order valence-electron chi connectivity index (χ1n) is 7.67. The molecule has 0 atom stereocenters. The van der Waals surface area contributed by atoms with Gasteiger partial charge in [0, 0.05) is 37.5 Å². The van der Waals surface area contributed by atoms with Crippen LogP contribution < -0.4 is 0 Å². The molecular weight excluding hydrogens is 330 g/mol. The summed E-state index contributed by atoms with van der Waals surface area (Å²) >= 11 is 0. The second-order valence-electron chi connectivity index (χ2n) is 5.96. The smallest absolute Gasteiger partial charge is 0.245 e. The molecule has 24 heavy (non-hydrogen) atoms. The van der Waals surface area contributed by atoms with Gasteiger partial charge in [-0.15, -0.1) is 0 Å². The van der Waals surface area contributed by atoms with E-state index in [1.54, 1.807) is 18.3 Å². The molecule has 0 bridgehead atoms. The summed E-state index contributed by atoms with van der Waals surface area (Å²) in [5, 5.41) is 0.751. The highest BCUT2D eigenvalue weighted by Gasteiger charge is 2.45. The third-order valence-corrected chi connectivity index (χ3v) is 6.36. The zero-order valence-electron chi connectivity index (χ0n) is 12.8. The highest BCUT2D eigenvalue weighted by atomic mass is 32.2. The predicted octanol–water partition coefficient (Wildman–Crippen LogP) is 0.757. The molecule has 4 rings (SSSR count). The number of benzene rings is 1. The Morgan fingerprint density at radius 2 is 1.67 bits per heavy atom. The lowest BCUT2D eigenvalue weighted by Crippen LogP contribution is -2.62. The van der Waals surface area contributed by atoms with Crippen molar-refractivity contribution in [3.8, 4) is 0 Å². The Balaban J connectivity index is 1.61. The molecule has 0 spiro atoms. The molecule has 2 amide bonds. The lowest BCUT2D eigenvalue weighted by molar-refractivity contribution is -0.143. The van der Waals surface area contributed by atoms with Crippen LogP contribution in [0.25, 0.3) is 10.9 Å². The number of fused-ring (bicyclic) bond motifs is 1. The molecule has 0 saturated carbocycles. The van der Waals surface area contributed by atoms with Crippen LogP contribution in [0.1, 0.15) is 12.8 Å². The molecule has 2 aliphatic heterocycles. The molecule has 2 saturated heterocycles.